The lowest BCUT2D eigenvalue weighted by molar-refractivity contribution is -0.146. The van der Waals surface area contributed by atoms with Gasteiger partial charge in [0.25, 0.3) is 5.91 Å². The van der Waals surface area contributed by atoms with Crippen LogP contribution in [0.3, 0.4) is 0 Å². The number of rotatable bonds is 9. The van der Waals surface area contributed by atoms with Gasteiger partial charge in [-0.3, -0.25) is 9.48 Å². The Labute approximate surface area is 193 Å². The zero-order valence-electron chi connectivity index (χ0n) is 17.0. The van der Waals surface area contributed by atoms with E-state index >= 15 is 0 Å². The van der Waals surface area contributed by atoms with Crippen LogP contribution in [-0.2, 0) is 28.3 Å². The monoisotopic (exact) mass is 526 g/mol. The standard InChI is InChI=1S/C21H21BrF2N4O3S/c1-28-14-18(12-25-28)32(30,31)26-13-19(16-5-3-2-4-6-16)27-20(29)21(23,24)11-15-7-9-17(22)10-8-15/h2-10,12,14,19,26H,11,13H2,1H3,(H,27,29). The first-order valence-electron chi connectivity index (χ1n) is 9.53. The summed E-state index contributed by atoms with van der Waals surface area (Å²) < 4.78 is 58.7. The van der Waals surface area contributed by atoms with Crippen molar-refractivity contribution in [3.05, 3.63) is 82.6 Å². The maximum absolute atomic E-state index is 14.6. The Kier molecular flexibility index (Phi) is 7.42. The Balaban J connectivity index is 1.75. The molecule has 3 aromatic rings. The van der Waals surface area contributed by atoms with Gasteiger partial charge in [-0.2, -0.15) is 13.9 Å². The molecule has 0 fully saturated rings. The first kappa shape index (κ1) is 24.0. The average molecular weight is 527 g/mol. The second-order valence-corrected chi connectivity index (χ2v) is 9.83. The summed E-state index contributed by atoms with van der Waals surface area (Å²) in [4.78, 5) is 12.4. The van der Waals surface area contributed by atoms with Crippen molar-refractivity contribution < 1.29 is 22.0 Å². The summed E-state index contributed by atoms with van der Waals surface area (Å²) in [6.07, 6.45) is 1.70. The summed E-state index contributed by atoms with van der Waals surface area (Å²) in [5.41, 5.74) is 0.774. The Morgan fingerprint density at radius 1 is 1.16 bits per heavy atom. The number of nitrogens with one attached hydrogen (secondary N) is 2. The molecule has 0 aliphatic carbocycles. The molecule has 0 radical (unpaired) electrons. The van der Waals surface area contributed by atoms with Crippen molar-refractivity contribution in [2.24, 2.45) is 7.05 Å². The fourth-order valence-electron chi connectivity index (χ4n) is 2.95. The van der Waals surface area contributed by atoms with Crippen LogP contribution < -0.4 is 10.0 Å². The molecule has 0 saturated heterocycles. The van der Waals surface area contributed by atoms with Gasteiger partial charge in [0.2, 0.25) is 10.0 Å². The van der Waals surface area contributed by atoms with E-state index in [2.05, 4.69) is 31.1 Å². The van der Waals surface area contributed by atoms with E-state index in [9.17, 15) is 22.0 Å². The van der Waals surface area contributed by atoms with Crippen LogP contribution in [0.25, 0.3) is 0 Å². The number of carbonyl (C=O) groups excluding carboxylic acids is 1. The van der Waals surface area contributed by atoms with E-state index in [1.165, 1.54) is 29.2 Å². The first-order chi connectivity index (χ1) is 15.1. The van der Waals surface area contributed by atoms with E-state index < -0.39 is 34.3 Å². The van der Waals surface area contributed by atoms with E-state index in [1.54, 1.807) is 49.5 Å². The van der Waals surface area contributed by atoms with Crippen LogP contribution in [0.5, 0.6) is 0 Å². The van der Waals surface area contributed by atoms with Gasteiger partial charge in [-0.15, -0.1) is 0 Å². The zero-order valence-corrected chi connectivity index (χ0v) is 19.4. The van der Waals surface area contributed by atoms with Crippen LogP contribution in [-0.4, -0.2) is 36.6 Å². The van der Waals surface area contributed by atoms with Gasteiger partial charge in [0.15, 0.2) is 0 Å². The number of halogens is 3. The van der Waals surface area contributed by atoms with Crippen molar-refractivity contribution in [3.63, 3.8) is 0 Å². The van der Waals surface area contributed by atoms with Gasteiger partial charge in [-0.1, -0.05) is 58.4 Å². The quantitative estimate of drug-likeness (QED) is 0.447. The van der Waals surface area contributed by atoms with Crippen molar-refractivity contribution in [1.82, 2.24) is 19.8 Å². The maximum atomic E-state index is 14.6. The highest BCUT2D eigenvalue weighted by molar-refractivity contribution is 9.10. The number of hydrogen-bond donors (Lipinski definition) is 2. The van der Waals surface area contributed by atoms with Crippen LogP contribution in [0.15, 0.2) is 76.4 Å². The molecule has 7 nitrogen and oxygen atoms in total. The number of carbonyl (C=O) groups is 1. The summed E-state index contributed by atoms with van der Waals surface area (Å²) in [5.74, 6) is -5.18. The molecule has 0 saturated carbocycles. The first-order valence-corrected chi connectivity index (χ1v) is 11.8. The van der Waals surface area contributed by atoms with Gasteiger partial charge in [-0.05, 0) is 23.3 Å². The second-order valence-electron chi connectivity index (χ2n) is 7.15. The van der Waals surface area contributed by atoms with Crippen LogP contribution in [0.2, 0.25) is 0 Å². The minimum Gasteiger partial charge on any atom is -0.343 e. The van der Waals surface area contributed by atoms with Crippen molar-refractivity contribution >= 4 is 31.9 Å². The fourth-order valence-corrected chi connectivity index (χ4v) is 4.25. The van der Waals surface area contributed by atoms with Gasteiger partial charge >= 0.3 is 5.92 Å². The lowest BCUT2D eigenvalue weighted by Crippen LogP contribution is -2.46. The molecule has 1 aromatic heterocycles. The van der Waals surface area contributed by atoms with Crippen LogP contribution in [0.1, 0.15) is 17.2 Å². The molecule has 11 heteroatoms. The van der Waals surface area contributed by atoms with Crippen molar-refractivity contribution in [2.45, 2.75) is 23.3 Å². The van der Waals surface area contributed by atoms with Gasteiger partial charge in [0.1, 0.15) is 4.90 Å². The van der Waals surface area contributed by atoms with E-state index in [0.29, 0.717) is 11.1 Å². The van der Waals surface area contributed by atoms with Crippen LogP contribution in [0.4, 0.5) is 8.78 Å². The predicted molar refractivity (Wildman–Crippen MR) is 119 cm³/mol. The molecule has 0 bridgehead atoms. The Morgan fingerprint density at radius 2 is 1.81 bits per heavy atom. The molecular formula is C21H21BrF2N4O3S. The molecule has 0 aliphatic heterocycles. The van der Waals surface area contributed by atoms with Crippen LogP contribution >= 0.6 is 15.9 Å². The van der Waals surface area contributed by atoms with E-state index in [0.717, 1.165) is 4.47 Å². The Hall–Kier alpha value is -2.63. The highest BCUT2D eigenvalue weighted by Crippen LogP contribution is 2.24. The second kappa shape index (κ2) is 9.88. The fraction of sp³-hybridized carbons (Fsp3) is 0.238. The molecule has 170 valence electrons. The van der Waals surface area contributed by atoms with Gasteiger partial charge in [0.05, 0.1) is 12.2 Å². The molecule has 2 N–H and O–H groups in total. The summed E-state index contributed by atoms with van der Waals surface area (Å²) in [6.45, 7) is -0.318. The third-order valence-electron chi connectivity index (χ3n) is 4.65. The number of amides is 1. The lowest BCUT2D eigenvalue weighted by atomic mass is 10.0. The molecule has 0 aliphatic rings. The van der Waals surface area contributed by atoms with Crippen molar-refractivity contribution in [1.29, 1.82) is 0 Å². The number of sulfonamides is 1. The van der Waals surface area contributed by atoms with Crippen LogP contribution in [0, 0.1) is 0 Å². The molecule has 3 rings (SSSR count). The number of aryl methyl sites for hydroxylation is 1. The number of benzene rings is 2. The molecule has 1 amide bonds. The topological polar surface area (TPSA) is 93.1 Å². The number of hydrogen-bond acceptors (Lipinski definition) is 4. The summed E-state index contributed by atoms with van der Waals surface area (Å²) in [5, 5.41) is 6.11. The molecule has 1 unspecified atom stereocenters. The predicted octanol–water partition coefficient (Wildman–Crippen LogP) is 3.20. The highest BCUT2D eigenvalue weighted by Gasteiger charge is 2.40. The lowest BCUT2D eigenvalue weighted by Gasteiger charge is -2.23. The minimum atomic E-state index is -3.94. The maximum Gasteiger partial charge on any atom is 0.328 e. The van der Waals surface area contributed by atoms with Gasteiger partial charge in [-0.25, -0.2) is 13.1 Å². The minimum absolute atomic E-state index is 0.0706. The summed E-state index contributed by atoms with van der Waals surface area (Å²) >= 11 is 3.24. The number of alkyl halides is 2. The molecule has 1 heterocycles. The SMILES string of the molecule is Cn1cc(S(=O)(=O)NCC(NC(=O)C(F)(F)Cc2ccc(Br)cc2)c2ccccc2)cn1. The summed E-state index contributed by atoms with van der Waals surface area (Å²) in [6, 6.07) is 13.5. The normalized spacial score (nSPS) is 13.0. The molecular weight excluding hydrogens is 506 g/mol. The van der Waals surface area contributed by atoms with Crippen molar-refractivity contribution in [2.75, 3.05) is 6.54 Å². The molecule has 32 heavy (non-hydrogen) atoms. The third kappa shape index (κ3) is 6.21. The smallest absolute Gasteiger partial charge is 0.328 e. The number of nitrogens with zero attached hydrogens (tertiary/aromatic N) is 2. The number of aromatic nitrogens is 2. The van der Waals surface area contributed by atoms with Gasteiger partial charge in [0, 0.05) is 30.7 Å². The zero-order chi connectivity index (χ0) is 23.4. The molecule has 2 aromatic carbocycles. The molecule has 0 spiro atoms. The largest absolute Gasteiger partial charge is 0.343 e. The molecule has 1 atom stereocenters. The van der Waals surface area contributed by atoms with Crippen molar-refractivity contribution in [3.8, 4) is 0 Å². The Morgan fingerprint density at radius 3 is 2.41 bits per heavy atom. The van der Waals surface area contributed by atoms with E-state index in [4.69, 9.17) is 0 Å². The Bertz CT molecular complexity index is 1170. The average Bonchev–Trinajstić information content (AvgIpc) is 3.20. The summed E-state index contributed by atoms with van der Waals surface area (Å²) in [7, 11) is -2.37. The third-order valence-corrected chi connectivity index (χ3v) is 6.55. The van der Waals surface area contributed by atoms with E-state index in [1.807, 2.05) is 0 Å². The van der Waals surface area contributed by atoms with E-state index in [-0.39, 0.29) is 11.4 Å². The van der Waals surface area contributed by atoms with Gasteiger partial charge < -0.3 is 5.32 Å². The highest BCUT2D eigenvalue weighted by atomic mass is 79.9.